The lowest BCUT2D eigenvalue weighted by Gasteiger charge is -2.27. The second kappa shape index (κ2) is 7.70. The van der Waals surface area contributed by atoms with E-state index in [1.54, 1.807) is 31.0 Å². The largest absolute Gasteiger partial charge is 0.383 e. The molecule has 2 N–H and O–H groups in total. The second-order valence-electron chi connectivity index (χ2n) is 6.79. The van der Waals surface area contributed by atoms with Crippen LogP contribution in [0.4, 0.5) is 5.69 Å². The summed E-state index contributed by atoms with van der Waals surface area (Å²) in [5.41, 5.74) is 1.17. The first-order valence-electron chi connectivity index (χ1n) is 8.61. The molecule has 2 aromatic rings. The summed E-state index contributed by atoms with van der Waals surface area (Å²) in [4.78, 5) is 14.6. The molecule has 0 saturated carbocycles. The molecule has 1 atom stereocenters. The summed E-state index contributed by atoms with van der Waals surface area (Å²) in [6, 6.07) is 7.94. The van der Waals surface area contributed by atoms with Gasteiger partial charge >= 0.3 is 0 Å². The van der Waals surface area contributed by atoms with Crippen molar-refractivity contribution in [1.82, 2.24) is 15.1 Å². The maximum atomic E-state index is 12.4. The molecule has 136 valence electrons. The monoisotopic (exact) mass is 344 g/mol. The van der Waals surface area contributed by atoms with Crippen LogP contribution in [-0.2, 0) is 12.6 Å². The molecule has 0 saturated heterocycles. The van der Waals surface area contributed by atoms with E-state index < -0.39 is 5.60 Å². The van der Waals surface area contributed by atoms with Crippen molar-refractivity contribution >= 4 is 11.6 Å². The third-order valence-electron chi connectivity index (χ3n) is 4.35. The highest BCUT2D eigenvalue weighted by Crippen LogP contribution is 2.20. The van der Waals surface area contributed by atoms with Gasteiger partial charge in [0.2, 0.25) is 0 Å². The third-order valence-corrected chi connectivity index (χ3v) is 4.35. The van der Waals surface area contributed by atoms with Crippen LogP contribution in [-0.4, -0.2) is 39.9 Å². The van der Waals surface area contributed by atoms with Gasteiger partial charge in [-0.3, -0.25) is 9.48 Å². The fraction of sp³-hybridized carbons (Fsp3) is 0.474. The minimum Gasteiger partial charge on any atom is -0.383 e. The lowest BCUT2D eigenvalue weighted by molar-refractivity contribution is 0.0526. The van der Waals surface area contributed by atoms with Crippen LogP contribution < -0.4 is 10.2 Å². The number of nitrogens with one attached hydrogen (secondary N) is 1. The Labute approximate surface area is 149 Å². The Balaban J connectivity index is 2.01. The normalized spacial score (nSPS) is 13.6. The van der Waals surface area contributed by atoms with Gasteiger partial charge in [-0.15, -0.1) is 0 Å². The predicted molar refractivity (Wildman–Crippen MR) is 99.7 cm³/mol. The number of hydrogen-bond donors (Lipinski definition) is 2. The van der Waals surface area contributed by atoms with E-state index in [1.165, 1.54) is 0 Å². The van der Waals surface area contributed by atoms with Gasteiger partial charge in [0.05, 0.1) is 12.7 Å². The smallest absolute Gasteiger partial charge is 0.251 e. The zero-order valence-electron chi connectivity index (χ0n) is 15.7. The first kappa shape index (κ1) is 19.0. The van der Waals surface area contributed by atoms with Crippen molar-refractivity contribution in [2.24, 2.45) is 7.05 Å². The first-order chi connectivity index (χ1) is 11.7. The number of rotatable bonds is 7. The van der Waals surface area contributed by atoms with E-state index in [9.17, 15) is 9.90 Å². The van der Waals surface area contributed by atoms with Crippen molar-refractivity contribution < 1.29 is 9.90 Å². The number of amides is 1. The van der Waals surface area contributed by atoms with Crippen molar-refractivity contribution in [3.05, 3.63) is 47.8 Å². The van der Waals surface area contributed by atoms with Crippen LogP contribution in [0.1, 0.15) is 43.6 Å². The highest BCUT2D eigenvalue weighted by atomic mass is 16.3. The van der Waals surface area contributed by atoms with Crippen molar-refractivity contribution in [3.8, 4) is 0 Å². The van der Waals surface area contributed by atoms with E-state index in [0.717, 1.165) is 12.2 Å². The zero-order valence-corrected chi connectivity index (χ0v) is 15.7. The summed E-state index contributed by atoms with van der Waals surface area (Å²) in [6.45, 7) is 9.09. The Morgan fingerprint density at radius 3 is 2.48 bits per heavy atom. The van der Waals surface area contributed by atoms with Crippen LogP contribution in [0.3, 0.4) is 0 Å². The molecule has 0 fully saturated rings. The highest BCUT2D eigenvalue weighted by molar-refractivity contribution is 5.94. The van der Waals surface area contributed by atoms with E-state index in [1.807, 2.05) is 24.3 Å². The summed E-state index contributed by atoms with van der Waals surface area (Å²) < 4.78 is 1.62. The van der Waals surface area contributed by atoms with E-state index in [2.05, 4.69) is 36.1 Å². The Morgan fingerprint density at radius 2 is 2.00 bits per heavy atom. The van der Waals surface area contributed by atoms with E-state index in [0.29, 0.717) is 17.2 Å². The standard InChI is InChI=1S/C19H28N4O2/c1-6-23(14(2)3)17-9-7-15(8-10-17)18(24)20-13-19(4,25)16-11-21-22(5)12-16/h7-12,14,25H,6,13H2,1-5H3,(H,20,24). The van der Waals surface area contributed by atoms with Crippen LogP contribution >= 0.6 is 0 Å². The molecule has 0 aliphatic rings. The molecule has 0 aliphatic carbocycles. The lowest BCUT2D eigenvalue weighted by Crippen LogP contribution is -2.38. The molecule has 1 amide bonds. The van der Waals surface area contributed by atoms with Gasteiger partial charge in [-0.05, 0) is 52.0 Å². The van der Waals surface area contributed by atoms with Crippen LogP contribution in [0.5, 0.6) is 0 Å². The Bertz CT molecular complexity index is 704. The Morgan fingerprint density at radius 1 is 1.36 bits per heavy atom. The predicted octanol–water partition coefficient (Wildman–Crippen LogP) is 2.29. The fourth-order valence-corrected chi connectivity index (χ4v) is 2.81. The lowest BCUT2D eigenvalue weighted by atomic mass is 9.99. The Kier molecular flexibility index (Phi) is 5.85. The van der Waals surface area contributed by atoms with Gasteiger partial charge < -0.3 is 15.3 Å². The molecule has 1 aromatic heterocycles. The summed E-state index contributed by atoms with van der Waals surface area (Å²) >= 11 is 0. The summed E-state index contributed by atoms with van der Waals surface area (Å²) in [5.74, 6) is -0.205. The maximum Gasteiger partial charge on any atom is 0.251 e. The first-order valence-corrected chi connectivity index (χ1v) is 8.61. The quantitative estimate of drug-likeness (QED) is 0.808. The highest BCUT2D eigenvalue weighted by Gasteiger charge is 2.25. The Hall–Kier alpha value is -2.34. The number of hydrogen-bond acceptors (Lipinski definition) is 4. The molecule has 0 spiro atoms. The van der Waals surface area contributed by atoms with Crippen molar-refractivity contribution in [2.75, 3.05) is 18.0 Å². The van der Waals surface area contributed by atoms with Gasteiger partial charge in [0.25, 0.3) is 5.91 Å². The van der Waals surface area contributed by atoms with Gasteiger partial charge in [0.15, 0.2) is 0 Å². The number of benzene rings is 1. The molecule has 1 heterocycles. The van der Waals surface area contributed by atoms with E-state index in [-0.39, 0.29) is 12.5 Å². The summed E-state index contributed by atoms with van der Waals surface area (Å²) in [6.07, 6.45) is 3.35. The molecule has 0 radical (unpaired) electrons. The molecule has 2 rings (SSSR count). The second-order valence-corrected chi connectivity index (χ2v) is 6.79. The minimum absolute atomic E-state index is 0.117. The fourth-order valence-electron chi connectivity index (χ4n) is 2.81. The molecule has 25 heavy (non-hydrogen) atoms. The third kappa shape index (κ3) is 4.60. The van der Waals surface area contributed by atoms with Crippen LogP contribution in [0.15, 0.2) is 36.7 Å². The molecule has 0 bridgehead atoms. The molecule has 1 aromatic carbocycles. The number of carbonyl (C=O) groups excluding carboxylic acids is 1. The molecule has 6 nitrogen and oxygen atoms in total. The van der Waals surface area contributed by atoms with Crippen LogP contribution in [0, 0.1) is 0 Å². The summed E-state index contributed by atoms with van der Waals surface area (Å²) in [5, 5.41) is 17.4. The van der Waals surface area contributed by atoms with Gasteiger partial charge in [0.1, 0.15) is 5.60 Å². The maximum absolute atomic E-state index is 12.4. The number of aromatic nitrogens is 2. The zero-order chi connectivity index (χ0) is 18.6. The van der Waals surface area contributed by atoms with Crippen molar-refractivity contribution in [1.29, 1.82) is 0 Å². The van der Waals surface area contributed by atoms with Crippen LogP contribution in [0.2, 0.25) is 0 Å². The van der Waals surface area contributed by atoms with Gasteiger partial charge in [0, 0.05) is 42.6 Å². The number of aliphatic hydroxyl groups is 1. The average molecular weight is 344 g/mol. The average Bonchev–Trinajstić information content (AvgIpc) is 3.01. The van der Waals surface area contributed by atoms with Crippen LogP contribution in [0.25, 0.3) is 0 Å². The van der Waals surface area contributed by atoms with E-state index >= 15 is 0 Å². The van der Waals surface area contributed by atoms with Crippen molar-refractivity contribution in [2.45, 2.75) is 39.3 Å². The molecular formula is C19H28N4O2. The molecule has 0 aliphatic heterocycles. The molecule has 1 unspecified atom stereocenters. The van der Waals surface area contributed by atoms with Gasteiger partial charge in [-0.25, -0.2) is 0 Å². The SMILES string of the molecule is CCN(c1ccc(C(=O)NCC(C)(O)c2cnn(C)c2)cc1)C(C)C. The number of aryl methyl sites for hydroxylation is 1. The van der Waals surface area contributed by atoms with Gasteiger partial charge in [-0.1, -0.05) is 0 Å². The number of carbonyl (C=O) groups is 1. The topological polar surface area (TPSA) is 70.4 Å². The van der Waals surface area contributed by atoms with Gasteiger partial charge in [-0.2, -0.15) is 5.10 Å². The summed E-state index contributed by atoms with van der Waals surface area (Å²) in [7, 11) is 1.79. The molecular weight excluding hydrogens is 316 g/mol. The van der Waals surface area contributed by atoms with E-state index in [4.69, 9.17) is 0 Å². The minimum atomic E-state index is -1.17. The number of anilines is 1. The molecule has 6 heteroatoms. The van der Waals surface area contributed by atoms with Crippen molar-refractivity contribution in [3.63, 3.8) is 0 Å². The number of nitrogens with zero attached hydrogens (tertiary/aromatic N) is 3.